The Balaban J connectivity index is 2.31. The van der Waals surface area contributed by atoms with Gasteiger partial charge >= 0.3 is 0 Å². The summed E-state index contributed by atoms with van der Waals surface area (Å²) in [5.41, 5.74) is 7.39. The monoisotopic (exact) mass is 240 g/mol. The molecule has 0 aliphatic carbocycles. The molecule has 4 N–H and O–H groups in total. The Hall–Kier alpha value is -2.69. The second kappa shape index (κ2) is 5.09. The molecule has 1 amide bonds. The number of hydrogen-bond donors (Lipinski definition) is 3. The molecule has 0 atom stereocenters. The van der Waals surface area contributed by atoms with Crippen molar-refractivity contribution in [2.24, 2.45) is 5.73 Å². The summed E-state index contributed by atoms with van der Waals surface area (Å²) in [4.78, 5) is 15.7. The van der Waals surface area contributed by atoms with Gasteiger partial charge in [0, 0.05) is 23.5 Å². The van der Waals surface area contributed by atoms with E-state index < -0.39 is 5.91 Å². The average Bonchev–Trinajstić information content (AvgIpc) is 2.39. The van der Waals surface area contributed by atoms with Crippen LogP contribution in [0.2, 0.25) is 0 Å². The van der Waals surface area contributed by atoms with Crippen molar-refractivity contribution in [3.63, 3.8) is 0 Å². The number of aromatic nitrogens is 1. The molecule has 0 unspecified atom stereocenters. The first-order valence-corrected chi connectivity index (χ1v) is 5.32. The maximum Gasteiger partial charge on any atom is 0.257 e. The Morgan fingerprint density at radius 1 is 1.22 bits per heavy atom. The molecule has 1 aromatic carbocycles. The van der Waals surface area contributed by atoms with Gasteiger partial charge in [-0.1, -0.05) is 18.2 Å². The van der Waals surface area contributed by atoms with Crippen molar-refractivity contribution in [2.45, 2.75) is 0 Å². The summed E-state index contributed by atoms with van der Waals surface area (Å²) in [6, 6.07) is 10.8. The number of carbonyl (C=O) groups is 1. The maximum atomic E-state index is 11.7. The molecular weight excluding hydrogens is 228 g/mol. The molecule has 0 aliphatic rings. The van der Waals surface area contributed by atoms with Crippen LogP contribution in [0, 0.1) is 5.41 Å². The normalized spacial score (nSPS) is 9.78. The number of hydrogen-bond acceptors (Lipinski definition) is 3. The minimum absolute atomic E-state index is 0.369. The van der Waals surface area contributed by atoms with Crippen molar-refractivity contribution < 1.29 is 4.79 Å². The minimum atomic E-state index is -0.395. The van der Waals surface area contributed by atoms with Gasteiger partial charge in [0.25, 0.3) is 5.91 Å². The summed E-state index contributed by atoms with van der Waals surface area (Å²) in [5.74, 6) is -0.764. The zero-order chi connectivity index (χ0) is 13.0. The molecule has 0 aliphatic heterocycles. The Labute approximate surface area is 104 Å². The fraction of sp³-hybridized carbons (Fsp3) is 0. The van der Waals surface area contributed by atoms with E-state index in [1.807, 2.05) is 18.2 Å². The lowest BCUT2D eigenvalue weighted by Crippen LogP contribution is -2.35. The van der Waals surface area contributed by atoms with Crippen molar-refractivity contribution in [1.82, 2.24) is 10.3 Å². The summed E-state index contributed by atoms with van der Waals surface area (Å²) >= 11 is 0. The van der Waals surface area contributed by atoms with Crippen LogP contribution in [0.4, 0.5) is 0 Å². The molecule has 0 saturated carbocycles. The van der Waals surface area contributed by atoms with Gasteiger partial charge in [0.15, 0.2) is 5.96 Å². The van der Waals surface area contributed by atoms with Crippen molar-refractivity contribution in [1.29, 1.82) is 5.41 Å². The minimum Gasteiger partial charge on any atom is -0.370 e. The Bertz CT molecular complexity index is 581. The molecule has 2 aromatic rings. The number of nitrogens with zero attached hydrogens (tertiary/aromatic N) is 1. The first-order valence-electron chi connectivity index (χ1n) is 5.32. The van der Waals surface area contributed by atoms with Gasteiger partial charge in [-0.05, 0) is 23.8 Å². The van der Waals surface area contributed by atoms with E-state index in [9.17, 15) is 4.79 Å². The molecular formula is C13H12N4O. The van der Waals surface area contributed by atoms with E-state index in [4.69, 9.17) is 11.1 Å². The number of pyridine rings is 1. The van der Waals surface area contributed by atoms with Crippen LogP contribution in [0.25, 0.3) is 11.1 Å². The van der Waals surface area contributed by atoms with E-state index in [-0.39, 0.29) is 5.96 Å². The van der Waals surface area contributed by atoms with E-state index in [2.05, 4.69) is 10.3 Å². The lowest BCUT2D eigenvalue weighted by molar-refractivity contribution is 0.0976. The summed E-state index contributed by atoms with van der Waals surface area (Å²) in [6.45, 7) is 0. The quantitative estimate of drug-likeness (QED) is 0.547. The van der Waals surface area contributed by atoms with Crippen LogP contribution in [0.5, 0.6) is 0 Å². The highest BCUT2D eigenvalue weighted by Crippen LogP contribution is 2.18. The maximum absolute atomic E-state index is 11.7. The molecule has 0 radical (unpaired) electrons. The van der Waals surface area contributed by atoms with Gasteiger partial charge < -0.3 is 5.73 Å². The second-order valence-corrected chi connectivity index (χ2v) is 3.69. The summed E-state index contributed by atoms with van der Waals surface area (Å²) in [6.07, 6.45) is 3.41. The summed E-state index contributed by atoms with van der Waals surface area (Å²) in [5, 5.41) is 9.27. The average molecular weight is 240 g/mol. The third-order valence-corrected chi connectivity index (χ3v) is 2.37. The Morgan fingerprint density at radius 2 is 2.00 bits per heavy atom. The number of carbonyl (C=O) groups excluding carboxylic acids is 1. The highest BCUT2D eigenvalue weighted by atomic mass is 16.1. The van der Waals surface area contributed by atoms with E-state index in [0.717, 1.165) is 11.1 Å². The smallest absolute Gasteiger partial charge is 0.257 e. The standard InChI is InChI=1S/C13H12N4O/c14-13(15)17-12(18)10-4-1-3-9(7-10)11-5-2-6-16-8-11/h1-8H,(H4,14,15,17,18). The highest BCUT2D eigenvalue weighted by Gasteiger charge is 2.07. The number of rotatable bonds is 2. The topological polar surface area (TPSA) is 91.9 Å². The Kier molecular flexibility index (Phi) is 3.33. The predicted molar refractivity (Wildman–Crippen MR) is 69.1 cm³/mol. The molecule has 90 valence electrons. The number of amides is 1. The van der Waals surface area contributed by atoms with Crippen LogP contribution in [-0.2, 0) is 0 Å². The molecule has 0 saturated heterocycles. The van der Waals surface area contributed by atoms with E-state index in [0.29, 0.717) is 5.56 Å². The van der Waals surface area contributed by atoms with Gasteiger partial charge in [-0.3, -0.25) is 20.5 Å². The van der Waals surface area contributed by atoms with Gasteiger partial charge in [-0.2, -0.15) is 0 Å². The van der Waals surface area contributed by atoms with E-state index >= 15 is 0 Å². The first-order chi connectivity index (χ1) is 8.66. The van der Waals surface area contributed by atoms with Crippen LogP contribution in [0.3, 0.4) is 0 Å². The fourth-order valence-corrected chi connectivity index (χ4v) is 1.57. The Morgan fingerprint density at radius 3 is 2.67 bits per heavy atom. The fourth-order valence-electron chi connectivity index (χ4n) is 1.57. The molecule has 1 aromatic heterocycles. The molecule has 18 heavy (non-hydrogen) atoms. The number of benzene rings is 1. The molecule has 0 fully saturated rings. The van der Waals surface area contributed by atoms with Crippen LogP contribution < -0.4 is 11.1 Å². The largest absolute Gasteiger partial charge is 0.370 e. The lowest BCUT2D eigenvalue weighted by atomic mass is 10.0. The van der Waals surface area contributed by atoms with Crippen LogP contribution in [0.1, 0.15) is 10.4 Å². The molecule has 2 rings (SSSR count). The SMILES string of the molecule is N=C(N)NC(=O)c1cccc(-c2cccnc2)c1. The molecule has 0 spiro atoms. The number of guanidine groups is 1. The van der Waals surface area contributed by atoms with Gasteiger partial charge in [-0.25, -0.2) is 0 Å². The third kappa shape index (κ3) is 2.70. The second-order valence-electron chi connectivity index (χ2n) is 3.69. The van der Waals surface area contributed by atoms with E-state index in [1.54, 1.807) is 30.6 Å². The van der Waals surface area contributed by atoms with Gasteiger partial charge in [0.1, 0.15) is 0 Å². The predicted octanol–water partition coefficient (Wildman–Crippen LogP) is 1.37. The molecule has 5 heteroatoms. The zero-order valence-electron chi connectivity index (χ0n) is 9.55. The third-order valence-electron chi connectivity index (χ3n) is 2.37. The van der Waals surface area contributed by atoms with E-state index in [1.165, 1.54) is 0 Å². The number of nitrogens with one attached hydrogen (secondary N) is 2. The van der Waals surface area contributed by atoms with Crippen molar-refractivity contribution >= 4 is 11.9 Å². The van der Waals surface area contributed by atoms with Crippen molar-refractivity contribution in [2.75, 3.05) is 0 Å². The summed E-state index contributed by atoms with van der Waals surface area (Å²) < 4.78 is 0. The highest BCUT2D eigenvalue weighted by molar-refractivity contribution is 6.04. The summed E-state index contributed by atoms with van der Waals surface area (Å²) in [7, 11) is 0. The van der Waals surface area contributed by atoms with Gasteiger partial charge in [-0.15, -0.1) is 0 Å². The zero-order valence-corrected chi connectivity index (χ0v) is 9.55. The van der Waals surface area contributed by atoms with Crippen LogP contribution in [0.15, 0.2) is 48.8 Å². The van der Waals surface area contributed by atoms with Crippen LogP contribution >= 0.6 is 0 Å². The van der Waals surface area contributed by atoms with Crippen molar-refractivity contribution in [3.8, 4) is 11.1 Å². The molecule has 1 heterocycles. The van der Waals surface area contributed by atoms with Crippen molar-refractivity contribution in [3.05, 3.63) is 54.4 Å². The van der Waals surface area contributed by atoms with Gasteiger partial charge in [0.05, 0.1) is 0 Å². The van der Waals surface area contributed by atoms with Gasteiger partial charge in [0.2, 0.25) is 0 Å². The lowest BCUT2D eigenvalue weighted by Gasteiger charge is -2.05. The van der Waals surface area contributed by atoms with Crippen LogP contribution in [-0.4, -0.2) is 16.9 Å². The number of nitrogens with two attached hydrogens (primary N) is 1. The molecule has 5 nitrogen and oxygen atoms in total. The molecule has 0 bridgehead atoms. The first kappa shape index (κ1) is 11.8.